The summed E-state index contributed by atoms with van der Waals surface area (Å²) in [5, 5.41) is 13.5. The molecule has 1 spiro atoms. The van der Waals surface area contributed by atoms with Gasteiger partial charge < -0.3 is 15.3 Å². The molecule has 0 amide bonds. The van der Waals surface area contributed by atoms with Crippen LogP contribution in [0.3, 0.4) is 0 Å². The maximum atomic E-state index is 14.2. The van der Waals surface area contributed by atoms with Crippen molar-refractivity contribution < 1.29 is 9.50 Å². The van der Waals surface area contributed by atoms with E-state index in [9.17, 15) is 9.50 Å². The van der Waals surface area contributed by atoms with Crippen molar-refractivity contribution in [2.45, 2.75) is 50.1 Å². The monoisotopic (exact) mass is 366 g/mol. The molecule has 2 aliphatic heterocycles. The largest absolute Gasteiger partial charge is 0.508 e. The fourth-order valence-corrected chi connectivity index (χ4v) is 5.52. The second kappa shape index (κ2) is 6.61. The van der Waals surface area contributed by atoms with Crippen molar-refractivity contribution in [3.8, 4) is 5.75 Å². The van der Waals surface area contributed by atoms with Crippen LogP contribution in [0.4, 0.5) is 4.39 Å². The van der Waals surface area contributed by atoms with E-state index in [1.54, 1.807) is 11.1 Å². The van der Waals surface area contributed by atoms with Crippen LogP contribution in [-0.4, -0.2) is 35.7 Å². The van der Waals surface area contributed by atoms with Crippen LogP contribution in [0.25, 0.3) is 0 Å². The number of rotatable bonds is 2. The molecule has 2 aromatic rings. The van der Waals surface area contributed by atoms with E-state index >= 15 is 0 Å². The van der Waals surface area contributed by atoms with Gasteiger partial charge in [0.05, 0.1) is 0 Å². The van der Waals surface area contributed by atoms with Crippen LogP contribution in [0.2, 0.25) is 0 Å². The molecule has 27 heavy (non-hydrogen) atoms. The SMILES string of the molecule is Oc1ccc(F)c2c1CNC(CN1CCC3(CCc4ccccc43)CC1)C2. The van der Waals surface area contributed by atoms with Gasteiger partial charge in [0, 0.05) is 24.7 Å². The summed E-state index contributed by atoms with van der Waals surface area (Å²) < 4.78 is 14.2. The molecule has 5 rings (SSSR count). The lowest BCUT2D eigenvalue weighted by molar-refractivity contribution is 0.143. The van der Waals surface area contributed by atoms with Crippen LogP contribution in [0, 0.1) is 5.82 Å². The van der Waals surface area contributed by atoms with Crippen molar-refractivity contribution in [3.05, 3.63) is 64.5 Å². The van der Waals surface area contributed by atoms with E-state index in [0.717, 1.165) is 25.2 Å². The average Bonchev–Trinajstić information content (AvgIpc) is 3.06. The van der Waals surface area contributed by atoms with E-state index in [0.29, 0.717) is 23.9 Å². The Morgan fingerprint density at radius 3 is 2.74 bits per heavy atom. The first-order valence-electron chi connectivity index (χ1n) is 10.2. The molecular weight excluding hydrogens is 339 g/mol. The van der Waals surface area contributed by atoms with Crippen LogP contribution < -0.4 is 5.32 Å². The van der Waals surface area contributed by atoms with Gasteiger partial charge in [-0.2, -0.15) is 0 Å². The Hall–Kier alpha value is -1.91. The lowest BCUT2D eigenvalue weighted by Crippen LogP contribution is -2.49. The van der Waals surface area contributed by atoms with E-state index in [-0.39, 0.29) is 17.6 Å². The summed E-state index contributed by atoms with van der Waals surface area (Å²) in [6, 6.07) is 12.1. The number of phenols is 1. The fourth-order valence-electron chi connectivity index (χ4n) is 5.52. The number of piperidine rings is 1. The number of nitrogens with one attached hydrogen (secondary N) is 1. The molecule has 1 fully saturated rings. The number of fused-ring (bicyclic) bond motifs is 3. The number of nitrogens with zero attached hydrogens (tertiary/aromatic N) is 1. The summed E-state index contributed by atoms with van der Waals surface area (Å²) in [5.41, 5.74) is 4.94. The molecule has 142 valence electrons. The maximum Gasteiger partial charge on any atom is 0.127 e. The van der Waals surface area contributed by atoms with Gasteiger partial charge in [0.25, 0.3) is 0 Å². The Bertz CT molecular complexity index is 857. The number of hydrogen-bond donors (Lipinski definition) is 2. The molecule has 2 N–H and O–H groups in total. The molecule has 1 aliphatic carbocycles. The zero-order valence-corrected chi connectivity index (χ0v) is 15.7. The number of likely N-dealkylation sites (tertiary alicyclic amines) is 1. The highest BCUT2D eigenvalue weighted by Gasteiger charge is 2.41. The van der Waals surface area contributed by atoms with E-state index in [2.05, 4.69) is 34.5 Å². The van der Waals surface area contributed by atoms with Gasteiger partial charge in [-0.05, 0) is 79.4 Å². The van der Waals surface area contributed by atoms with Gasteiger partial charge in [-0.25, -0.2) is 4.39 Å². The predicted octanol–water partition coefficient (Wildman–Crippen LogP) is 3.53. The number of hydrogen-bond acceptors (Lipinski definition) is 3. The van der Waals surface area contributed by atoms with E-state index < -0.39 is 0 Å². The Balaban J connectivity index is 1.24. The third-order valence-corrected chi connectivity index (χ3v) is 7.12. The zero-order valence-electron chi connectivity index (χ0n) is 15.7. The first-order valence-corrected chi connectivity index (χ1v) is 10.2. The minimum absolute atomic E-state index is 0.186. The molecule has 3 aliphatic rings. The van der Waals surface area contributed by atoms with Gasteiger partial charge >= 0.3 is 0 Å². The minimum Gasteiger partial charge on any atom is -0.508 e. The Morgan fingerprint density at radius 2 is 1.89 bits per heavy atom. The van der Waals surface area contributed by atoms with Crippen molar-refractivity contribution in [1.82, 2.24) is 10.2 Å². The van der Waals surface area contributed by atoms with Gasteiger partial charge in [-0.1, -0.05) is 24.3 Å². The van der Waals surface area contributed by atoms with E-state index in [1.807, 2.05) is 0 Å². The molecule has 4 heteroatoms. The van der Waals surface area contributed by atoms with Gasteiger partial charge in [-0.3, -0.25) is 0 Å². The van der Waals surface area contributed by atoms with Crippen molar-refractivity contribution >= 4 is 0 Å². The summed E-state index contributed by atoms with van der Waals surface area (Å²) in [5.74, 6) is 0.0200. The van der Waals surface area contributed by atoms with Gasteiger partial charge in [0.15, 0.2) is 0 Å². The Morgan fingerprint density at radius 1 is 1.07 bits per heavy atom. The average molecular weight is 366 g/mol. The lowest BCUT2D eigenvalue weighted by Gasteiger charge is -2.42. The van der Waals surface area contributed by atoms with Crippen molar-refractivity contribution in [2.75, 3.05) is 19.6 Å². The second-order valence-electron chi connectivity index (χ2n) is 8.54. The minimum atomic E-state index is -0.186. The van der Waals surface area contributed by atoms with Crippen molar-refractivity contribution in [1.29, 1.82) is 0 Å². The third kappa shape index (κ3) is 2.95. The quantitative estimate of drug-likeness (QED) is 0.854. The van der Waals surface area contributed by atoms with E-state index in [1.165, 1.54) is 37.8 Å². The van der Waals surface area contributed by atoms with Crippen LogP contribution in [0.1, 0.15) is 41.5 Å². The molecule has 0 saturated carbocycles. The Labute approximate surface area is 160 Å². The number of halogens is 1. The molecule has 1 atom stereocenters. The highest BCUT2D eigenvalue weighted by Crippen LogP contribution is 2.46. The third-order valence-electron chi connectivity index (χ3n) is 7.12. The summed E-state index contributed by atoms with van der Waals surface area (Å²) in [4.78, 5) is 2.54. The number of aryl methyl sites for hydroxylation is 1. The van der Waals surface area contributed by atoms with Crippen LogP contribution in [0.15, 0.2) is 36.4 Å². The Kier molecular flexibility index (Phi) is 4.21. The second-order valence-corrected chi connectivity index (χ2v) is 8.54. The number of phenolic OH excluding ortho intramolecular Hbond substituents is 1. The fraction of sp³-hybridized carbons (Fsp3) is 0.478. The summed E-state index contributed by atoms with van der Waals surface area (Å²) in [6.45, 7) is 3.73. The summed E-state index contributed by atoms with van der Waals surface area (Å²) in [6.07, 6.45) is 5.62. The van der Waals surface area contributed by atoms with Gasteiger partial charge in [-0.15, -0.1) is 0 Å². The molecule has 0 radical (unpaired) electrons. The van der Waals surface area contributed by atoms with Crippen LogP contribution >= 0.6 is 0 Å². The summed E-state index contributed by atoms with van der Waals surface area (Å²) in [7, 11) is 0. The maximum absolute atomic E-state index is 14.2. The predicted molar refractivity (Wildman–Crippen MR) is 105 cm³/mol. The molecular formula is C23H27FN2O. The number of benzene rings is 2. The van der Waals surface area contributed by atoms with Crippen LogP contribution in [0.5, 0.6) is 5.75 Å². The zero-order chi connectivity index (χ0) is 18.4. The highest BCUT2D eigenvalue weighted by molar-refractivity contribution is 5.42. The van der Waals surface area contributed by atoms with Gasteiger partial charge in [0.1, 0.15) is 11.6 Å². The first kappa shape index (κ1) is 17.2. The topological polar surface area (TPSA) is 35.5 Å². The van der Waals surface area contributed by atoms with E-state index in [4.69, 9.17) is 0 Å². The number of aromatic hydroxyl groups is 1. The van der Waals surface area contributed by atoms with Crippen molar-refractivity contribution in [2.24, 2.45) is 0 Å². The summed E-state index contributed by atoms with van der Waals surface area (Å²) >= 11 is 0. The molecule has 3 nitrogen and oxygen atoms in total. The lowest BCUT2D eigenvalue weighted by atomic mass is 9.74. The molecule has 2 aromatic carbocycles. The molecule has 0 aromatic heterocycles. The van der Waals surface area contributed by atoms with Crippen LogP contribution in [-0.2, 0) is 24.8 Å². The van der Waals surface area contributed by atoms with Gasteiger partial charge in [0.2, 0.25) is 0 Å². The van der Waals surface area contributed by atoms with Crippen molar-refractivity contribution in [3.63, 3.8) is 0 Å². The standard InChI is InChI=1S/C23H27FN2O/c24-21-5-6-22(27)19-14-25-17(13-18(19)21)15-26-11-9-23(10-12-26)8-7-16-3-1-2-4-20(16)23/h1-6,17,25,27H,7-15H2. The smallest absolute Gasteiger partial charge is 0.127 e. The normalized spacial score (nSPS) is 24.0. The molecule has 2 heterocycles. The molecule has 1 unspecified atom stereocenters. The molecule has 0 bridgehead atoms. The first-order chi connectivity index (χ1) is 13.1. The highest BCUT2D eigenvalue weighted by atomic mass is 19.1. The molecule has 1 saturated heterocycles.